The summed E-state index contributed by atoms with van der Waals surface area (Å²) in [6.07, 6.45) is 0. The number of nitrogens with zero attached hydrogens (tertiary/aromatic N) is 5. The fraction of sp³-hybridized carbons (Fsp3) is 0.312. The minimum Gasteiger partial charge on any atom is -0.340 e. The number of hydrogen-bond donors (Lipinski definition) is 3. The molecule has 9 nitrogen and oxygen atoms in total. The molecule has 1 amide bonds. The van der Waals surface area contributed by atoms with E-state index in [9.17, 15) is 4.79 Å². The third kappa shape index (κ3) is 3.41. The molecule has 0 bridgehead atoms. The molecule has 2 heterocycles. The average Bonchev–Trinajstić information content (AvgIpc) is 3.24. The van der Waals surface area contributed by atoms with Crippen LogP contribution in [0.1, 0.15) is 28.6 Å². The normalized spacial score (nSPS) is 12.2. The smallest absolute Gasteiger partial charge is 0.244 e. The van der Waals surface area contributed by atoms with Crippen molar-refractivity contribution < 1.29 is 4.79 Å². The van der Waals surface area contributed by atoms with Gasteiger partial charge in [0, 0.05) is 30.4 Å². The van der Waals surface area contributed by atoms with Crippen molar-refractivity contribution in [3.8, 4) is 11.4 Å². The van der Waals surface area contributed by atoms with Crippen molar-refractivity contribution in [1.82, 2.24) is 35.7 Å². The van der Waals surface area contributed by atoms with Crippen LogP contribution in [0.2, 0.25) is 0 Å². The van der Waals surface area contributed by atoms with Crippen molar-refractivity contribution >= 4 is 5.91 Å². The Hall–Kier alpha value is -3.07. The van der Waals surface area contributed by atoms with Gasteiger partial charge in [-0.15, -0.1) is 10.2 Å². The van der Waals surface area contributed by atoms with Crippen LogP contribution < -0.4 is 5.73 Å². The Kier molecular flexibility index (Phi) is 4.57. The molecule has 0 saturated carbocycles. The fourth-order valence-corrected chi connectivity index (χ4v) is 2.82. The van der Waals surface area contributed by atoms with Gasteiger partial charge in [0.05, 0.1) is 5.69 Å². The van der Waals surface area contributed by atoms with E-state index in [1.54, 1.807) is 11.9 Å². The first-order chi connectivity index (χ1) is 12.0. The Morgan fingerprint density at radius 1 is 1.32 bits per heavy atom. The third-order valence-electron chi connectivity index (χ3n) is 4.09. The Morgan fingerprint density at radius 3 is 2.76 bits per heavy atom. The van der Waals surface area contributed by atoms with E-state index in [-0.39, 0.29) is 5.91 Å². The number of aryl methyl sites for hydroxylation is 2. The number of tetrazole rings is 1. The van der Waals surface area contributed by atoms with Gasteiger partial charge in [0.1, 0.15) is 6.04 Å². The van der Waals surface area contributed by atoms with Crippen LogP contribution in [-0.2, 0) is 11.3 Å². The highest BCUT2D eigenvalue weighted by Crippen LogP contribution is 2.21. The Balaban J connectivity index is 1.75. The molecule has 1 aromatic carbocycles. The number of nitrogens with one attached hydrogen (secondary N) is 2. The number of carbonyl (C=O) groups is 1. The summed E-state index contributed by atoms with van der Waals surface area (Å²) < 4.78 is 0. The van der Waals surface area contributed by atoms with Crippen molar-refractivity contribution in [2.24, 2.45) is 5.73 Å². The van der Waals surface area contributed by atoms with E-state index < -0.39 is 6.04 Å². The zero-order chi connectivity index (χ0) is 18.0. The maximum atomic E-state index is 12.7. The second kappa shape index (κ2) is 6.81. The molecule has 0 aliphatic carbocycles. The SMILES string of the molecule is Cc1n[nH]c(C)c1[C@H](N)C(=O)N(C)Cc1cccc(-c2nn[nH]n2)c1. The molecule has 25 heavy (non-hydrogen) atoms. The molecule has 3 rings (SSSR count). The van der Waals surface area contributed by atoms with E-state index in [1.165, 1.54) is 0 Å². The van der Waals surface area contributed by atoms with Crippen molar-refractivity contribution in [2.45, 2.75) is 26.4 Å². The largest absolute Gasteiger partial charge is 0.340 e. The maximum Gasteiger partial charge on any atom is 0.244 e. The summed E-state index contributed by atoms with van der Waals surface area (Å²) in [5.41, 5.74) is 10.2. The fourth-order valence-electron chi connectivity index (χ4n) is 2.82. The number of H-pyrrole nitrogens is 2. The maximum absolute atomic E-state index is 12.7. The summed E-state index contributed by atoms with van der Waals surface area (Å²) in [5.74, 6) is 0.342. The standard InChI is InChI=1S/C16H20N8O/c1-9-13(10(2)19-18-9)14(17)16(25)24(3)8-11-5-4-6-12(7-11)15-20-22-23-21-15/h4-7,14H,8,17H2,1-3H3,(H,18,19)(H,20,21,22,23)/t14-/m0/s1. The Labute approximate surface area is 144 Å². The lowest BCUT2D eigenvalue weighted by molar-refractivity contribution is -0.132. The van der Waals surface area contributed by atoms with Gasteiger partial charge in [0.25, 0.3) is 0 Å². The van der Waals surface area contributed by atoms with Crippen molar-refractivity contribution in [3.05, 3.63) is 46.8 Å². The number of aromatic amines is 2. The monoisotopic (exact) mass is 340 g/mol. The number of hydrogen-bond acceptors (Lipinski definition) is 6. The van der Waals surface area contributed by atoms with Gasteiger partial charge in [-0.05, 0) is 30.7 Å². The predicted octanol–water partition coefficient (Wildman–Crippen LogP) is 0.865. The van der Waals surface area contributed by atoms with Gasteiger partial charge in [-0.3, -0.25) is 9.89 Å². The van der Waals surface area contributed by atoms with Crippen molar-refractivity contribution in [2.75, 3.05) is 7.05 Å². The number of amides is 1. The molecule has 2 aromatic heterocycles. The van der Waals surface area contributed by atoms with Crippen LogP contribution in [0.5, 0.6) is 0 Å². The molecule has 3 aromatic rings. The van der Waals surface area contributed by atoms with Crippen LogP contribution >= 0.6 is 0 Å². The summed E-state index contributed by atoms with van der Waals surface area (Å²) in [6.45, 7) is 4.12. The highest BCUT2D eigenvalue weighted by atomic mass is 16.2. The molecular formula is C16H20N8O. The summed E-state index contributed by atoms with van der Waals surface area (Å²) in [6, 6.07) is 6.90. The van der Waals surface area contributed by atoms with Crippen LogP contribution in [0, 0.1) is 13.8 Å². The second-order valence-electron chi connectivity index (χ2n) is 5.96. The molecule has 0 saturated heterocycles. The van der Waals surface area contributed by atoms with Gasteiger partial charge in [0.2, 0.25) is 11.7 Å². The number of nitrogens with two attached hydrogens (primary N) is 1. The number of carbonyl (C=O) groups excluding carboxylic acids is 1. The molecule has 0 radical (unpaired) electrons. The zero-order valence-electron chi connectivity index (χ0n) is 14.3. The lowest BCUT2D eigenvalue weighted by atomic mass is 10.0. The van der Waals surface area contributed by atoms with Crippen LogP contribution in [0.15, 0.2) is 24.3 Å². The first kappa shape index (κ1) is 16.8. The lowest BCUT2D eigenvalue weighted by Gasteiger charge is -2.22. The second-order valence-corrected chi connectivity index (χ2v) is 5.96. The average molecular weight is 340 g/mol. The lowest BCUT2D eigenvalue weighted by Crippen LogP contribution is -2.36. The molecule has 4 N–H and O–H groups in total. The van der Waals surface area contributed by atoms with Gasteiger partial charge in [0.15, 0.2) is 0 Å². The molecule has 9 heteroatoms. The predicted molar refractivity (Wildman–Crippen MR) is 91.1 cm³/mol. The van der Waals surface area contributed by atoms with E-state index in [2.05, 4.69) is 30.8 Å². The van der Waals surface area contributed by atoms with E-state index >= 15 is 0 Å². The highest BCUT2D eigenvalue weighted by Gasteiger charge is 2.24. The van der Waals surface area contributed by atoms with Gasteiger partial charge in [-0.25, -0.2) is 0 Å². The van der Waals surface area contributed by atoms with E-state index in [4.69, 9.17) is 5.73 Å². The van der Waals surface area contributed by atoms with Gasteiger partial charge in [-0.1, -0.05) is 18.2 Å². The molecular weight excluding hydrogens is 320 g/mol. The number of aromatic nitrogens is 6. The molecule has 0 aliphatic heterocycles. The van der Waals surface area contributed by atoms with Gasteiger partial charge < -0.3 is 10.6 Å². The topological polar surface area (TPSA) is 129 Å². The highest BCUT2D eigenvalue weighted by molar-refractivity contribution is 5.83. The van der Waals surface area contributed by atoms with E-state index in [0.29, 0.717) is 12.4 Å². The molecule has 130 valence electrons. The summed E-state index contributed by atoms with van der Waals surface area (Å²) in [5, 5.41) is 20.9. The summed E-state index contributed by atoms with van der Waals surface area (Å²) in [4.78, 5) is 14.3. The first-order valence-corrected chi connectivity index (χ1v) is 7.82. The van der Waals surface area contributed by atoms with E-state index in [1.807, 2.05) is 38.1 Å². The van der Waals surface area contributed by atoms with E-state index in [0.717, 1.165) is 28.1 Å². The number of benzene rings is 1. The van der Waals surface area contributed by atoms with Crippen LogP contribution in [0.25, 0.3) is 11.4 Å². The summed E-state index contributed by atoms with van der Waals surface area (Å²) >= 11 is 0. The molecule has 0 spiro atoms. The first-order valence-electron chi connectivity index (χ1n) is 7.82. The third-order valence-corrected chi connectivity index (χ3v) is 4.09. The molecule has 0 aliphatic rings. The summed E-state index contributed by atoms with van der Waals surface area (Å²) in [7, 11) is 1.73. The zero-order valence-corrected chi connectivity index (χ0v) is 14.3. The van der Waals surface area contributed by atoms with Crippen molar-refractivity contribution in [3.63, 3.8) is 0 Å². The van der Waals surface area contributed by atoms with Gasteiger partial charge in [-0.2, -0.15) is 10.3 Å². The van der Waals surface area contributed by atoms with Crippen molar-refractivity contribution in [1.29, 1.82) is 0 Å². The quantitative estimate of drug-likeness (QED) is 0.632. The Morgan fingerprint density at radius 2 is 2.12 bits per heavy atom. The van der Waals surface area contributed by atoms with Crippen LogP contribution in [0.3, 0.4) is 0 Å². The van der Waals surface area contributed by atoms with Crippen LogP contribution in [0.4, 0.5) is 0 Å². The minimum absolute atomic E-state index is 0.169. The molecule has 1 atom stereocenters. The van der Waals surface area contributed by atoms with Crippen LogP contribution in [-0.4, -0.2) is 48.7 Å². The number of rotatable bonds is 5. The number of likely N-dealkylation sites (N-methyl/N-ethyl adjacent to an activating group) is 1. The van der Waals surface area contributed by atoms with Gasteiger partial charge >= 0.3 is 0 Å². The molecule has 0 fully saturated rings. The minimum atomic E-state index is -0.746. The molecule has 0 unspecified atom stereocenters. The Bertz CT molecular complexity index is 851.